The van der Waals surface area contributed by atoms with E-state index in [0.29, 0.717) is 11.0 Å². The predicted octanol–water partition coefficient (Wildman–Crippen LogP) is 0.316. The van der Waals surface area contributed by atoms with Gasteiger partial charge >= 0.3 is 0 Å². The third kappa shape index (κ3) is 3.16. The highest BCUT2D eigenvalue weighted by atomic mass is 35.5. The summed E-state index contributed by atoms with van der Waals surface area (Å²) in [6.45, 7) is 3.17. The molecule has 0 radical (unpaired) electrons. The Bertz CT molecular complexity index is 397. The van der Waals surface area contributed by atoms with Gasteiger partial charge in [-0.25, -0.2) is 4.98 Å². The molecule has 1 atom stereocenters. The Balaban J connectivity index is 2.03. The number of likely N-dealkylation sites (N-methyl/N-ethyl adjacent to an activating group) is 1. The minimum atomic E-state index is -0.116. The molecule has 1 unspecified atom stereocenters. The van der Waals surface area contributed by atoms with E-state index in [-0.39, 0.29) is 11.9 Å². The van der Waals surface area contributed by atoms with Crippen LogP contribution in [0, 0.1) is 0 Å². The summed E-state index contributed by atoms with van der Waals surface area (Å²) in [6, 6.07) is -0.116. The number of hydrogen-bond donors (Lipinski definition) is 2. The number of thiazole rings is 1. The largest absolute Gasteiger partial charge is 0.358 e. The van der Waals surface area contributed by atoms with Crippen molar-refractivity contribution in [2.75, 3.05) is 26.7 Å². The first kappa shape index (κ1) is 12.8. The minimum Gasteiger partial charge on any atom is -0.358 e. The normalized spacial score (nSPS) is 21.4. The van der Waals surface area contributed by atoms with Crippen LogP contribution in [0.5, 0.6) is 0 Å². The molecule has 94 valence electrons. The van der Waals surface area contributed by atoms with Crippen LogP contribution in [-0.4, -0.2) is 48.5 Å². The van der Waals surface area contributed by atoms with E-state index in [1.54, 1.807) is 13.2 Å². The van der Waals surface area contributed by atoms with Crippen LogP contribution in [0.4, 0.5) is 0 Å². The maximum absolute atomic E-state index is 11.7. The number of nitrogens with zero attached hydrogens (tertiary/aromatic N) is 2. The van der Waals surface area contributed by atoms with E-state index in [2.05, 4.69) is 20.5 Å². The average Bonchev–Trinajstić information content (AvgIpc) is 2.74. The lowest BCUT2D eigenvalue weighted by molar-refractivity contribution is -0.126. The van der Waals surface area contributed by atoms with E-state index < -0.39 is 0 Å². The van der Waals surface area contributed by atoms with Crippen molar-refractivity contribution < 1.29 is 4.79 Å². The summed E-state index contributed by atoms with van der Waals surface area (Å²) in [5.74, 6) is 0.0489. The third-order valence-corrected chi connectivity index (χ3v) is 3.89. The van der Waals surface area contributed by atoms with E-state index in [1.807, 2.05) is 0 Å². The van der Waals surface area contributed by atoms with Crippen LogP contribution in [0.3, 0.4) is 0 Å². The summed E-state index contributed by atoms with van der Waals surface area (Å²) in [7, 11) is 1.67. The number of aromatic nitrogens is 1. The van der Waals surface area contributed by atoms with Crippen molar-refractivity contribution in [3.63, 3.8) is 0 Å². The summed E-state index contributed by atoms with van der Waals surface area (Å²) in [6.07, 6.45) is 1.77. The second kappa shape index (κ2) is 5.77. The number of carbonyl (C=O) groups excluding carboxylic acids is 1. The van der Waals surface area contributed by atoms with Gasteiger partial charge in [-0.2, -0.15) is 0 Å². The number of piperazine rings is 1. The Morgan fingerprint density at radius 3 is 3.29 bits per heavy atom. The molecule has 1 fully saturated rings. The molecule has 0 aromatic carbocycles. The van der Waals surface area contributed by atoms with E-state index in [1.165, 1.54) is 11.3 Å². The number of halogens is 1. The lowest BCUT2D eigenvalue weighted by atomic mass is 10.1. The molecule has 17 heavy (non-hydrogen) atoms. The molecule has 0 spiro atoms. The summed E-state index contributed by atoms with van der Waals surface area (Å²) >= 11 is 7.26. The Kier molecular flexibility index (Phi) is 4.33. The summed E-state index contributed by atoms with van der Waals surface area (Å²) < 4.78 is 0.548. The standard InChI is InChI=1S/C10H15ClN4OS/c1-12-9(16)8-5-13-2-3-15(8)6-7-4-14-10(11)17-7/h4,8,13H,2-3,5-6H2,1H3,(H,12,16). The van der Waals surface area contributed by atoms with Gasteiger partial charge in [0.2, 0.25) is 5.91 Å². The smallest absolute Gasteiger partial charge is 0.238 e. The maximum atomic E-state index is 11.7. The third-order valence-electron chi connectivity index (χ3n) is 2.79. The molecule has 5 nitrogen and oxygen atoms in total. The zero-order chi connectivity index (χ0) is 12.3. The zero-order valence-electron chi connectivity index (χ0n) is 9.57. The van der Waals surface area contributed by atoms with Gasteiger partial charge in [-0.3, -0.25) is 9.69 Å². The van der Waals surface area contributed by atoms with Crippen LogP contribution in [0.15, 0.2) is 6.20 Å². The van der Waals surface area contributed by atoms with Gasteiger partial charge in [-0.15, -0.1) is 11.3 Å². The molecular formula is C10H15ClN4OS. The monoisotopic (exact) mass is 274 g/mol. The first-order valence-corrected chi connectivity index (χ1v) is 6.66. The lowest BCUT2D eigenvalue weighted by Gasteiger charge is -2.34. The van der Waals surface area contributed by atoms with Crippen LogP contribution < -0.4 is 10.6 Å². The predicted molar refractivity (Wildman–Crippen MR) is 68.3 cm³/mol. The first-order valence-electron chi connectivity index (χ1n) is 5.47. The van der Waals surface area contributed by atoms with Gasteiger partial charge in [0.15, 0.2) is 4.47 Å². The second-order valence-corrected chi connectivity index (χ2v) is 5.58. The topological polar surface area (TPSA) is 57.3 Å². The number of hydrogen-bond acceptors (Lipinski definition) is 5. The Morgan fingerprint density at radius 2 is 2.65 bits per heavy atom. The maximum Gasteiger partial charge on any atom is 0.238 e. The number of rotatable bonds is 3. The molecule has 1 aromatic rings. The molecule has 1 amide bonds. The Morgan fingerprint density at radius 1 is 1.82 bits per heavy atom. The molecule has 0 saturated carbocycles. The molecule has 1 aliphatic rings. The van der Waals surface area contributed by atoms with Gasteiger partial charge in [-0.1, -0.05) is 11.6 Å². The highest BCUT2D eigenvalue weighted by Crippen LogP contribution is 2.20. The molecule has 1 saturated heterocycles. The van der Waals surface area contributed by atoms with Crippen molar-refractivity contribution in [1.29, 1.82) is 0 Å². The van der Waals surface area contributed by atoms with E-state index in [0.717, 1.165) is 24.5 Å². The van der Waals surface area contributed by atoms with Crippen LogP contribution in [-0.2, 0) is 11.3 Å². The fourth-order valence-corrected chi connectivity index (χ4v) is 2.92. The van der Waals surface area contributed by atoms with E-state index in [4.69, 9.17) is 11.6 Å². The average molecular weight is 275 g/mol. The molecule has 7 heteroatoms. The summed E-state index contributed by atoms with van der Waals surface area (Å²) in [4.78, 5) is 19.0. The van der Waals surface area contributed by atoms with Gasteiger partial charge < -0.3 is 10.6 Å². The number of amides is 1. The van der Waals surface area contributed by atoms with E-state index in [9.17, 15) is 4.79 Å². The van der Waals surface area contributed by atoms with Crippen LogP contribution in [0.1, 0.15) is 4.88 Å². The van der Waals surface area contributed by atoms with Crippen LogP contribution in [0.25, 0.3) is 0 Å². The second-order valence-electron chi connectivity index (χ2n) is 3.88. The van der Waals surface area contributed by atoms with Gasteiger partial charge in [0.25, 0.3) is 0 Å². The molecule has 1 aromatic heterocycles. The highest BCUT2D eigenvalue weighted by molar-refractivity contribution is 7.15. The number of carbonyl (C=O) groups is 1. The lowest BCUT2D eigenvalue weighted by Crippen LogP contribution is -2.56. The quantitative estimate of drug-likeness (QED) is 0.833. The van der Waals surface area contributed by atoms with Gasteiger partial charge in [0.05, 0.1) is 0 Å². The summed E-state index contributed by atoms with van der Waals surface area (Å²) in [5, 5.41) is 5.93. The van der Waals surface area contributed by atoms with Crippen molar-refractivity contribution >= 4 is 28.8 Å². The first-order chi connectivity index (χ1) is 8.20. The van der Waals surface area contributed by atoms with Crippen LogP contribution in [0.2, 0.25) is 4.47 Å². The molecule has 2 heterocycles. The molecule has 0 aliphatic carbocycles. The molecular weight excluding hydrogens is 260 g/mol. The van der Waals surface area contributed by atoms with Gasteiger partial charge in [0, 0.05) is 44.3 Å². The number of nitrogens with one attached hydrogen (secondary N) is 2. The highest BCUT2D eigenvalue weighted by Gasteiger charge is 2.28. The molecule has 0 bridgehead atoms. The SMILES string of the molecule is CNC(=O)C1CNCCN1Cc1cnc(Cl)s1. The molecule has 1 aliphatic heterocycles. The van der Waals surface area contributed by atoms with Crippen molar-refractivity contribution in [2.24, 2.45) is 0 Å². The van der Waals surface area contributed by atoms with Gasteiger partial charge in [-0.05, 0) is 0 Å². The Hall–Kier alpha value is -0.690. The Labute approximate surface area is 109 Å². The van der Waals surface area contributed by atoms with Crippen molar-refractivity contribution in [1.82, 2.24) is 20.5 Å². The molecule has 2 rings (SSSR count). The van der Waals surface area contributed by atoms with E-state index >= 15 is 0 Å². The summed E-state index contributed by atoms with van der Waals surface area (Å²) in [5.41, 5.74) is 0. The van der Waals surface area contributed by atoms with Crippen molar-refractivity contribution in [3.8, 4) is 0 Å². The van der Waals surface area contributed by atoms with Crippen LogP contribution >= 0.6 is 22.9 Å². The fraction of sp³-hybridized carbons (Fsp3) is 0.600. The molecule has 2 N–H and O–H groups in total. The minimum absolute atomic E-state index is 0.0489. The van der Waals surface area contributed by atoms with Crippen molar-refractivity contribution in [3.05, 3.63) is 15.5 Å². The fourth-order valence-electron chi connectivity index (χ4n) is 1.92. The van der Waals surface area contributed by atoms with Gasteiger partial charge in [0.1, 0.15) is 6.04 Å². The zero-order valence-corrected chi connectivity index (χ0v) is 11.1. The van der Waals surface area contributed by atoms with Crippen molar-refractivity contribution in [2.45, 2.75) is 12.6 Å².